The van der Waals surface area contributed by atoms with Gasteiger partial charge in [0.2, 0.25) is 0 Å². The van der Waals surface area contributed by atoms with E-state index in [9.17, 15) is 4.39 Å². The van der Waals surface area contributed by atoms with Gasteiger partial charge in [-0.3, -0.25) is 4.90 Å². The van der Waals surface area contributed by atoms with Crippen LogP contribution in [0.5, 0.6) is 0 Å². The third-order valence-corrected chi connectivity index (χ3v) is 3.33. The molecule has 1 atom stereocenters. The molecule has 0 fully saturated rings. The van der Waals surface area contributed by atoms with E-state index >= 15 is 0 Å². The minimum absolute atomic E-state index is 0.255. The van der Waals surface area contributed by atoms with E-state index in [0.717, 1.165) is 18.5 Å². The zero-order valence-electron chi connectivity index (χ0n) is 12.8. The summed E-state index contributed by atoms with van der Waals surface area (Å²) in [7, 11) is 2.08. The van der Waals surface area contributed by atoms with Gasteiger partial charge in [-0.05, 0) is 44.0 Å². The van der Waals surface area contributed by atoms with Crippen LogP contribution < -0.4 is 0 Å². The van der Waals surface area contributed by atoms with E-state index in [4.69, 9.17) is 5.11 Å². The number of rotatable bonds is 5. The normalized spacial score (nSPS) is 12.4. The van der Waals surface area contributed by atoms with E-state index in [1.54, 1.807) is 12.1 Å². The summed E-state index contributed by atoms with van der Waals surface area (Å²) in [6, 6.07) is 5.47. The van der Waals surface area contributed by atoms with Crippen LogP contribution in [-0.4, -0.2) is 29.7 Å². The van der Waals surface area contributed by atoms with Crippen LogP contribution in [0.1, 0.15) is 38.3 Å². The van der Waals surface area contributed by atoms with Gasteiger partial charge in [0.05, 0.1) is 5.56 Å². The second-order valence-electron chi connectivity index (χ2n) is 5.67. The maximum Gasteiger partial charge on any atom is 0.138 e. The van der Waals surface area contributed by atoms with Crippen LogP contribution >= 0.6 is 0 Å². The lowest BCUT2D eigenvalue weighted by Crippen LogP contribution is -2.29. The first-order chi connectivity index (χ1) is 9.43. The highest BCUT2D eigenvalue weighted by Crippen LogP contribution is 2.15. The Balaban J connectivity index is 2.77. The van der Waals surface area contributed by atoms with Crippen LogP contribution in [0.2, 0.25) is 0 Å². The molecule has 0 saturated carbocycles. The number of nitrogens with zero attached hydrogens (tertiary/aromatic N) is 1. The zero-order valence-corrected chi connectivity index (χ0v) is 12.8. The predicted octanol–water partition coefficient (Wildman–Crippen LogP) is 3.04. The zero-order chi connectivity index (χ0) is 15.1. The van der Waals surface area contributed by atoms with Crippen LogP contribution in [0.15, 0.2) is 18.2 Å². The average Bonchev–Trinajstić information content (AvgIpc) is 2.38. The summed E-state index contributed by atoms with van der Waals surface area (Å²) in [6.07, 6.45) is 1.13. The number of aliphatic hydroxyl groups excluding tert-OH is 1. The smallest absolute Gasteiger partial charge is 0.138 e. The van der Waals surface area contributed by atoms with Crippen LogP contribution in [0.4, 0.5) is 4.39 Å². The van der Waals surface area contributed by atoms with E-state index in [-0.39, 0.29) is 12.4 Å². The molecule has 0 aliphatic heterocycles. The fourth-order valence-electron chi connectivity index (χ4n) is 2.21. The van der Waals surface area contributed by atoms with Crippen molar-refractivity contribution in [2.45, 2.75) is 39.8 Å². The van der Waals surface area contributed by atoms with Crippen molar-refractivity contribution in [2.24, 2.45) is 5.92 Å². The van der Waals surface area contributed by atoms with Gasteiger partial charge < -0.3 is 5.11 Å². The molecule has 1 aromatic rings. The molecule has 1 aromatic carbocycles. The molecular formula is C17H24FNO. The van der Waals surface area contributed by atoms with Crippen molar-refractivity contribution in [2.75, 3.05) is 13.7 Å². The molecule has 0 radical (unpaired) electrons. The molecule has 1 rings (SSSR count). The summed E-state index contributed by atoms with van der Waals surface area (Å²) < 4.78 is 13.6. The SMILES string of the molecule is CC(C)CC(C)N(C)Cc1ccc(F)c(C#CCO)c1. The van der Waals surface area contributed by atoms with E-state index in [1.807, 2.05) is 0 Å². The summed E-state index contributed by atoms with van der Waals surface area (Å²) in [5.41, 5.74) is 1.38. The Morgan fingerprint density at radius 1 is 1.30 bits per heavy atom. The molecule has 20 heavy (non-hydrogen) atoms. The van der Waals surface area contributed by atoms with Gasteiger partial charge in [-0.1, -0.05) is 31.8 Å². The topological polar surface area (TPSA) is 23.5 Å². The summed E-state index contributed by atoms with van der Waals surface area (Å²) in [6.45, 7) is 7.14. The molecule has 0 saturated heterocycles. The van der Waals surface area contributed by atoms with Gasteiger partial charge in [-0.2, -0.15) is 0 Å². The Kier molecular flexibility index (Phi) is 6.70. The van der Waals surface area contributed by atoms with Crippen LogP contribution in [0.3, 0.4) is 0 Å². The van der Waals surface area contributed by atoms with Gasteiger partial charge in [0.1, 0.15) is 12.4 Å². The lowest BCUT2D eigenvalue weighted by Gasteiger charge is -2.26. The maximum absolute atomic E-state index is 13.6. The Bertz CT molecular complexity index is 487. The van der Waals surface area contributed by atoms with Gasteiger partial charge in [0, 0.05) is 12.6 Å². The summed E-state index contributed by atoms with van der Waals surface area (Å²) in [5, 5.41) is 8.69. The number of benzene rings is 1. The molecule has 2 nitrogen and oxygen atoms in total. The lowest BCUT2D eigenvalue weighted by atomic mass is 10.0. The molecule has 0 aromatic heterocycles. The predicted molar refractivity (Wildman–Crippen MR) is 80.7 cm³/mol. The molecule has 0 aliphatic carbocycles. The quantitative estimate of drug-likeness (QED) is 0.836. The van der Waals surface area contributed by atoms with Crippen molar-refractivity contribution in [1.82, 2.24) is 4.90 Å². The Morgan fingerprint density at radius 3 is 2.60 bits per heavy atom. The Labute approximate surface area is 121 Å². The van der Waals surface area contributed by atoms with Gasteiger partial charge in [-0.15, -0.1) is 0 Å². The van der Waals surface area contributed by atoms with Gasteiger partial charge in [-0.25, -0.2) is 4.39 Å². The molecule has 0 bridgehead atoms. The first-order valence-electron chi connectivity index (χ1n) is 7.02. The minimum atomic E-state index is -0.340. The molecule has 0 amide bonds. The van der Waals surface area contributed by atoms with Crippen molar-refractivity contribution < 1.29 is 9.50 Å². The number of aliphatic hydroxyl groups is 1. The summed E-state index contributed by atoms with van der Waals surface area (Å²) in [4.78, 5) is 2.26. The second-order valence-corrected chi connectivity index (χ2v) is 5.67. The molecule has 1 N–H and O–H groups in total. The number of hydrogen-bond donors (Lipinski definition) is 1. The molecule has 0 heterocycles. The second kappa shape index (κ2) is 8.04. The van der Waals surface area contributed by atoms with Crippen LogP contribution in [0, 0.1) is 23.6 Å². The van der Waals surface area contributed by atoms with Gasteiger partial charge >= 0.3 is 0 Å². The average molecular weight is 277 g/mol. The largest absolute Gasteiger partial charge is 0.384 e. The van der Waals surface area contributed by atoms with Crippen molar-refractivity contribution in [1.29, 1.82) is 0 Å². The Hall–Kier alpha value is -1.37. The van der Waals surface area contributed by atoms with Crippen molar-refractivity contribution in [3.63, 3.8) is 0 Å². The van der Waals surface area contributed by atoms with Gasteiger partial charge in [0.15, 0.2) is 0 Å². The molecule has 3 heteroatoms. The monoisotopic (exact) mass is 277 g/mol. The van der Waals surface area contributed by atoms with Crippen LogP contribution in [0.25, 0.3) is 0 Å². The van der Waals surface area contributed by atoms with Crippen molar-refractivity contribution >= 4 is 0 Å². The standard InChI is InChI=1S/C17H24FNO/c1-13(2)10-14(3)19(4)12-15-7-8-17(18)16(11-15)6-5-9-20/h7-8,11,13-14,20H,9-10,12H2,1-4H3. The Morgan fingerprint density at radius 2 is 2.00 bits per heavy atom. The highest BCUT2D eigenvalue weighted by atomic mass is 19.1. The summed E-state index contributed by atoms with van der Waals surface area (Å²) >= 11 is 0. The van der Waals surface area contributed by atoms with Crippen LogP contribution in [-0.2, 0) is 6.54 Å². The maximum atomic E-state index is 13.6. The molecule has 1 unspecified atom stereocenters. The van der Waals surface area contributed by atoms with Crippen molar-refractivity contribution in [3.05, 3.63) is 35.1 Å². The number of hydrogen-bond acceptors (Lipinski definition) is 2. The van der Waals surface area contributed by atoms with E-state index < -0.39 is 0 Å². The van der Waals surface area contributed by atoms with E-state index in [2.05, 4.69) is 44.6 Å². The van der Waals surface area contributed by atoms with Crippen molar-refractivity contribution in [3.8, 4) is 11.8 Å². The van der Waals surface area contributed by atoms with E-state index in [0.29, 0.717) is 17.5 Å². The third-order valence-electron chi connectivity index (χ3n) is 3.33. The fourth-order valence-corrected chi connectivity index (χ4v) is 2.21. The first-order valence-corrected chi connectivity index (χ1v) is 7.02. The highest BCUT2D eigenvalue weighted by Gasteiger charge is 2.12. The third kappa shape index (κ3) is 5.32. The first kappa shape index (κ1) is 16.7. The number of halogens is 1. The van der Waals surface area contributed by atoms with Gasteiger partial charge in [0.25, 0.3) is 0 Å². The fraction of sp³-hybridized carbons (Fsp3) is 0.529. The molecule has 110 valence electrons. The highest BCUT2D eigenvalue weighted by molar-refractivity contribution is 5.38. The lowest BCUT2D eigenvalue weighted by molar-refractivity contribution is 0.220. The summed E-state index contributed by atoms with van der Waals surface area (Å²) in [5.74, 6) is 5.45. The van der Waals surface area contributed by atoms with E-state index in [1.165, 1.54) is 6.07 Å². The molecule has 0 aliphatic rings. The molecular weight excluding hydrogens is 253 g/mol. The molecule has 0 spiro atoms. The minimum Gasteiger partial charge on any atom is -0.384 e.